The van der Waals surface area contributed by atoms with Crippen molar-refractivity contribution in [2.24, 2.45) is 0 Å². The van der Waals surface area contributed by atoms with E-state index in [9.17, 15) is 4.79 Å². The summed E-state index contributed by atoms with van der Waals surface area (Å²) in [5, 5.41) is 0. The van der Waals surface area contributed by atoms with E-state index in [1.165, 1.54) is 0 Å². The Morgan fingerprint density at radius 3 is 2.89 bits per heavy atom. The lowest BCUT2D eigenvalue weighted by atomic mass is 9.96. The highest BCUT2D eigenvalue weighted by Gasteiger charge is 2.28. The summed E-state index contributed by atoms with van der Waals surface area (Å²) in [6.07, 6.45) is 11.2. The van der Waals surface area contributed by atoms with Crippen LogP contribution in [-0.4, -0.2) is 43.4 Å². The molecule has 0 radical (unpaired) electrons. The fourth-order valence-electron chi connectivity index (χ4n) is 3.65. The zero-order valence-corrected chi connectivity index (χ0v) is 15.5. The van der Waals surface area contributed by atoms with Gasteiger partial charge in [0.1, 0.15) is 5.82 Å². The molecule has 1 fully saturated rings. The van der Waals surface area contributed by atoms with Gasteiger partial charge in [-0.1, -0.05) is 6.07 Å². The predicted octanol–water partition coefficient (Wildman–Crippen LogP) is 3.05. The van der Waals surface area contributed by atoms with Crippen LogP contribution in [0.4, 0.5) is 0 Å². The van der Waals surface area contributed by atoms with Crippen molar-refractivity contribution in [3.63, 3.8) is 0 Å². The number of likely N-dealkylation sites (tertiary alicyclic amines) is 1. The summed E-state index contributed by atoms with van der Waals surface area (Å²) in [5.41, 5.74) is 2.71. The van der Waals surface area contributed by atoms with Gasteiger partial charge in [-0.25, -0.2) is 4.98 Å². The molecule has 0 unspecified atom stereocenters. The third-order valence-corrected chi connectivity index (χ3v) is 5.06. The standard InChI is InChI=1S/C21H23N5O/c1-16-6-7-18(13-24-16)21(27)26-10-3-5-19(15-26)20-23-9-11-25(20)14-17-4-2-8-22-12-17/h2,4,6-9,11-13,19H,3,5,10,14-15H2,1H3/t19-/m0/s1. The van der Waals surface area contributed by atoms with Gasteiger partial charge in [-0.3, -0.25) is 14.8 Å². The Labute approximate surface area is 158 Å². The number of imidazole rings is 1. The first-order valence-corrected chi connectivity index (χ1v) is 9.32. The Morgan fingerprint density at radius 2 is 2.11 bits per heavy atom. The van der Waals surface area contributed by atoms with Crippen LogP contribution in [0.15, 0.2) is 55.2 Å². The molecule has 0 aliphatic carbocycles. The maximum Gasteiger partial charge on any atom is 0.255 e. The minimum atomic E-state index is 0.0533. The lowest BCUT2D eigenvalue weighted by Crippen LogP contribution is -2.39. The molecule has 3 aromatic heterocycles. The number of pyridine rings is 2. The number of nitrogens with zero attached hydrogens (tertiary/aromatic N) is 5. The van der Waals surface area contributed by atoms with Gasteiger partial charge in [-0.2, -0.15) is 0 Å². The minimum absolute atomic E-state index is 0.0533. The van der Waals surface area contributed by atoms with E-state index >= 15 is 0 Å². The van der Waals surface area contributed by atoms with E-state index in [2.05, 4.69) is 25.6 Å². The third kappa shape index (κ3) is 3.89. The van der Waals surface area contributed by atoms with Crippen molar-refractivity contribution >= 4 is 5.91 Å². The van der Waals surface area contributed by atoms with Crippen molar-refractivity contribution in [3.8, 4) is 0 Å². The first kappa shape index (κ1) is 17.4. The van der Waals surface area contributed by atoms with E-state index in [1.54, 1.807) is 12.4 Å². The Kier molecular flexibility index (Phi) is 4.96. The molecule has 0 spiro atoms. The van der Waals surface area contributed by atoms with Crippen molar-refractivity contribution in [3.05, 3.63) is 77.9 Å². The summed E-state index contributed by atoms with van der Waals surface area (Å²) >= 11 is 0. The lowest BCUT2D eigenvalue weighted by molar-refractivity contribution is 0.0703. The molecule has 0 bridgehead atoms. The highest BCUT2D eigenvalue weighted by molar-refractivity contribution is 5.94. The van der Waals surface area contributed by atoms with E-state index in [0.29, 0.717) is 12.1 Å². The van der Waals surface area contributed by atoms with Crippen LogP contribution >= 0.6 is 0 Å². The van der Waals surface area contributed by atoms with E-state index in [0.717, 1.165) is 43.0 Å². The molecule has 27 heavy (non-hydrogen) atoms. The molecular weight excluding hydrogens is 338 g/mol. The second-order valence-corrected chi connectivity index (χ2v) is 7.05. The minimum Gasteiger partial charge on any atom is -0.338 e. The zero-order chi connectivity index (χ0) is 18.6. The van der Waals surface area contributed by atoms with Crippen LogP contribution < -0.4 is 0 Å². The molecule has 1 aliphatic heterocycles. The van der Waals surface area contributed by atoms with Crippen LogP contribution in [0.2, 0.25) is 0 Å². The molecule has 1 atom stereocenters. The number of aromatic nitrogens is 4. The number of piperidine rings is 1. The monoisotopic (exact) mass is 361 g/mol. The average Bonchev–Trinajstić information content (AvgIpc) is 3.17. The van der Waals surface area contributed by atoms with Gasteiger partial charge < -0.3 is 9.47 Å². The molecule has 1 amide bonds. The lowest BCUT2D eigenvalue weighted by Gasteiger charge is -2.32. The number of hydrogen-bond acceptors (Lipinski definition) is 4. The summed E-state index contributed by atoms with van der Waals surface area (Å²) in [7, 11) is 0. The zero-order valence-electron chi connectivity index (χ0n) is 15.5. The quantitative estimate of drug-likeness (QED) is 0.716. The Balaban J connectivity index is 1.50. The SMILES string of the molecule is Cc1ccc(C(=O)N2CCC[C@H](c3nccn3Cc3cccnc3)C2)cn1. The van der Waals surface area contributed by atoms with Crippen LogP contribution in [0.1, 0.15) is 46.2 Å². The number of carbonyl (C=O) groups is 1. The highest BCUT2D eigenvalue weighted by Crippen LogP contribution is 2.27. The van der Waals surface area contributed by atoms with E-state index < -0.39 is 0 Å². The smallest absolute Gasteiger partial charge is 0.255 e. The molecule has 138 valence electrons. The van der Waals surface area contributed by atoms with Crippen molar-refractivity contribution < 1.29 is 4.79 Å². The van der Waals surface area contributed by atoms with Gasteiger partial charge in [-0.05, 0) is 43.5 Å². The summed E-state index contributed by atoms with van der Waals surface area (Å²) < 4.78 is 2.17. The molecule has 0 saturated carbocycles. The summed E-state index contributed by atoms with van der Waals surface area (Å²) in [5.74, 6) is 1.34. The Morgan fingerprint density at radius 1 is 1.19 bits per heavy atom. The molecule has 4 heterocycles. The maximum absolute atomic E-state index is 12.9. The molecule has 0 aromatic carbocycles. The largest absolute Gasteiger partial charge is 0.338 e. The van der Waals surface area contributed by atoms with E-state index in [-0.39, 0.29) is 11.8 Å². The van der Waals surface area contributed by atoms with Crippen molar-refractivity contribution in [1.29, 1.82) is 0 Å². The molecule has 4 rings (SSSR count). The molecule has 6 heteroatoms. The number of hydrogen-bond donors (Lipinski definition) is 0. The number of carbonyl (C=O) groups excluding carboxylic acids is 1. The molecule has 1 aliphatic rings. The highest BCUT2D eigenvalue weighted by atomic mass is 16.2. The van der Waals surface area contributed by atoms with Gasteiger partial charge in [0.15, 0.2) is 0 Å². The van der Waals surface area contributed by atoms with Crippen molar-refractivity contribution in [2.75, 3.05) is 13.1 Å². The van der Waals surface area contributed by atoms with Crippen molar-refractivity contribution in [2.45, 2.75) is 32.2 Å². The van der Waals surface area contributed by atoms with Gasteiger partial charge in [0.2, 0.25) is 0 Å². The molecule has 1 saturated heterocycles. The van der Waals surface area contributed by atoms with Crippen LogP contribution in [0, 0.1) is 6.92 Å². The van der Waals surface area contributed by atoms with E-state index in [4.69, 9.17) is 0 Å². The van der Waals surface area contributed by atoms with Crippen LogP contribution in [0.5, 0.6) is 0 Å². The number of amides is 1. The van der Waals surface area contributed by atoms with Gasteiger partial charge in [0.05, 0.1) is 12.1 Å². The fourth-order valence-corrected chi connectivity index (χ4v) is 3.65. The van der Waals surface area contributed by atoms with Crippen LogP contribution in [-0.2, 0) is 6.54 Å². The second kappa shape index (κ2) is 7.70. The summed E-state index contributed by atoms with van der Waals surface area (Å²) in [4.78, 5) is 27.8. The number of aryl methyl sites for hydroxylation is 1. The molecule has 0 N–H and O–H groups in total. The summed E-state index contributed by atoms with van der Waals surface area (Å²) in [6.45, 7) is 4.14. The predicted molar refractivity (Wildman–Crippen MR) is 102 cm³/mol. The average molecular weight is 361 g/mol. The second-order valence-electron chi connectivity index (χ2n) is 7.05. The van der Waals surface area contributed by atoms with Crippen LogP contribution in [0.3, 0.4) is 0 Å². The maximum atomic E-state index is 12.9. The Hall–Kier alpha value is -3.02. The topological polar surface area (TPSA) is 63.9 Å². The van der Waals surface area contributed by atoms with Crippen molar-refractivity contribution in [1.82, 2.24) is 24.4 Å². The number of rotatable bonds is 4. The normalized spacial score (nSPS) is 17.1. The molecule has 6 nitrogen and oxygen atoms in total. The first-order chi connectivity index (χ1) is 13.2. The van der Waals surface area contributed by atoms with Gasteiger partial charge in [-0.15, -0.1) is 0 Å². The third-order valence-electron chi connectivity index (χ3n) is 5.06. The fraction of sp³-hybridized carbons (Fsp3) is 0.333. The first-order valence-electron chi connectivity index (χ1n) is 9.32. The summed E-state index contributed by atoms with van der Waals surface area (Å²) in [6, 6.07) is 7.76. The van der Waals surface area contributed by atoms with Gasteiger partial charge >= 0.3 is 0 Å². The van der Waals surface area contributed by atoms with Gasteiger partial charge in [0.25, 0.3) is 5.91 Å². The molecular formula is C21H23N5O. The molecule has 3 aromatic rings. The van der Waals surface area contributed by atoms with Gasteiger partial charge in [0, 0.05) is 55.7 Å². The Bertz CT molecular complexity index is 904. The van der Waals surface area contributed by atoms with Crippen LogP contribution in [0.25, 0.3) is 0 Å². The van der Waals surface area contributed by atoms with E-state index in [1.807, 2.05) is 48.6 Å².